The molecule has 2 rings (SSSR count). The summed E-state index contributed by atoms with van der Waals surface area (Å²) >= 11 is 1.39. The summed E-state index contributed by atoms with van der Waals surface area (Å²) in [6.07, 6.45) is 3.88. The number of nitrogens with one attached hydrogen (secondary N) is 1. The first kappa shape index (κ1) is 13.4. The zero-order valence-electron chi connectivity index (χ0n) is 10.9. The van der Waals surface area contributed by atoms with E-state index in [4.69, 9.17) is 5.73 Å². The zero-order chi connectivity index (χ0) is 13.2. The molecule has 0 bridgehead atoms. The average molecular weight is 268 g/mol. The Morgan fingerprint density at radius 1 is 1.50 bits per heavy atom. The molecular formula is C12H20N4OS. The third-order valence-corrected chi connectivity index (χ3v) is 4.60. The van der Waals surface area contributed by atoms with E-state index in [1.54, 1.807) is 0 Å². The minimum atomic E-state index is -0.411. The molecular weight excluding hydrogens is 248 g/mol. The van der Waals surface area contributed by atoms with E-state index >= 15 is 0 Å². The van der Waals surface area contributed by atoms with E-state index in [9.17, 15) is 4.79 Å². The largest absolute Gasteiger partial charge is 0.329 e. The monoisotopic (exact) mass is 268 g/mol. The Labute approximate surface area is 111 Å². The molecule has 1 aliphatic carbocycles. The molecule has 0 aliphatic heterocycles. The Bertz CT molecular complexity index is 423. The summed E-state index contributed by atoms with van der Waals surface area (Å²) in [4.78, 5) is 12.4. The fourth-order valence-electron chi connectivity index (χ4n) is 2.42. The molecule has 6 heteroatoms. The molecule has 0 spiro atoms. The van der Waals surface area contributed by atoms with Crippen LogP contribution >= 0.6 is 11.3 Å². The molecule has 0 radical (unpaired) electrons. The fourth-order valence-corrected chi connectivity index (χ4v) is 3.00. The van der Waals surface area contributed by atoms with E-state index in [2.05, 4.69) is 22.4 Å². The number of rotatable bonds is 3. The number of carbonyl (C=O) groups excluding carboxylic acids is 1. The van der Waals surface area contributed by atoms with Gasteiger partial charge in [0.05, 0.1) is 5.41 Å². The number of anilines is 1. The lowest BCUT2D eigenvalue weighted by Gasteiger charge is -2.36. The minimum Gasteiger partial charge on any atom is -0.329 e. The molecule has 1 heterocycles. The molecule has 1 amide bonds. The van der Waals surface area contributed by atoms with Gasteiger partial charge < -0.3 is 5.73 Å². The Morgan fingerprint density at radius 3 is 2.67 bits per heavy atom. The molecule has 1 aliphatic rings. The molecule has 0 aromatic carbocycles. The van der Waals surface area contributed by atoms with Crippen LogP contribution in [0.25, 0.3) is 0 Å². The first-order valence-electron chi connectivity index (χ1n) is 6.37. The molecule has 0 atom stereocenters. The zero-order valence-corrected chi connectivity index (χ0v) is 11.7. The van der Waals surface area contributed by atoms with Crippen molar-refractivity contribution in [2.45, 2.75) is 39.5 Å². The van der Waals surface area contributed by atoms with Crippen molar-refractivity contribution in [3.63, 3.8) is 0 Å². The van der Waals surface area contributed by atoms with Crippen molar-refractivity contribution in [3.8, 4) is 0 Å². The van der Waals surface area contributed by atoms with Crippen LogP contribution < -0.4 is 11.1 Å². The van der Waals surface area contributed by atoms with Crippen molar-refractivity contribution in [3.05, 3.63) is 5.01 Å². The Balaban J connectivity index is 2.06. The number of aryl methyl sites for hydroxylation is 1. The number of aromatic nitrogens is 2. The molecule has 1 fully saturated rings. The van der Waals surface area contributed by atoms with Gasteiger partial charge in [-0.3, -0.25) is 10.1 Å². The maximum absolute atomic E-state index is 12.4. The normalized spacial score (nSPS) is 28.1. The van der Waals surface area contributed by atoms with Gasteiger partial charge in [0.15, 0.2) is 0 Å². The molecule has 0 unspecified atom stereocenters. The molecule has 5 nitrogen and oxygen atoms in total. The Hall–Kier alpha value is -1.01. The van der Waals surface area contributed by atoms with Gasteiger partial charge in [-0.15, -0.1) is 10.2 Å². The first-order valence-corrected chi connectivity index (χ1v) is 7.19. The number of hydrogen-bond donors (Lipinski definition) is 2. The molecule has 0 saturated heterocycles. The van der Waals surface area contributed by atoms with Crippen LogP contribution in [0.1, 0.15) is 37.6 Å². The van der Waals surface area contributed by atoms with Crippen LogP contribution in [-0.4, -0.2) is 22.6 Å². The lowest BCUT2D eigenvalue weighted by molar-refractivity contribution is -0.127. The number of carbonyl (C=O) groups is 1. The standard InChI is InChI=1S/C12H20N4OS/c1-8-3-5-12(7-13,6-4-8)10(17)14-11-16-15-9(2)18-11/h8H,3-7,13H2,1-2H3,(H,14,16,17). The van der Waals surface area contributed by atoms with Gasteiger partial charge in [-0.25, -0.2) is 0 Å². The summed E-state index contributed by atoms with van der Waals surface area (Å²) in [7, 11) is 0. The average Bonchev–Trinajstić information content (AvgIpc) is 2.76. The van der Waals surface area contributed by atoms with Gasteiger partial charge in [0.2, 0.25) is 11.0 Å². The first-order chi connectivity index (χ1) is 8.55. The van der Waals surface area contributed by atoms with Gasteiger partial charge in [0.25, 0.3) is 0 Å². The van der Waals surface area contributed by atoms with Crippen molar-refractivity contribution in [1.82, 2.24) is 10.2 Å². The van der Waals surface area contributed by atoms with Gasteiger partial charge >= 0.3 is 0 Å². The van der Waals surface area contributed by atoms with E-state index in [0.29, 0.717) is 17.6 Å². The predicted molar refractivity (Wildman–Crippen MR) is 72.4 cm³/mol. The lowest BCUT2D eigenvalue weighted by atomic mass is 9.70. The van der Waals surface area contributed by atoms with Crippen LogP contribution in [0.3, 0.4) is 0 Å². The van der Waals surface area contributed by atoms with Crippen molar-refractivity contribution < 1.29 is 4.79 Å². The van der Waals surface area contributed by atoms with Crippen molar-refractivity contribution in [2.24, 2.45) is 17.1 Å². The number of nitrogens with zero attached hydrogens (tertiary/aromatic N) is 2. The van der Waals surface area contributed by atoms with Crippen LogP contribution in [0.15, 0.2) is 0 Å². The van der Waals surface area contributed by atoms with Gasteiger partial charge in [0, 0.05) is 6.54 Å². The van der Waals surface area contributed by atoms with E-state index in [1.165, 1.54) is 11.3 Å². The Kier molecular flexibility index (Phi) is 3.97. The van der Waals surface area contributed by atoms with Crippen LogP contribution in [0, 0.1) is 18.3 Å². The molecule has 1 aromatic heterocycles. The van der Waals surface area contributed by atoms with Crippen molar-refractivity contribution >= 4 is 22.4 Å². The van der Waals surface area contributed by atoms with Gasteiger partial charge in [0.1, 0.15) is 5.01 Å². The molecule has 100 valence electrons. The van der Waals surface area contributed by atoms with Gasteiger partial charge in [-0.05, 0) is 38.5 Å². The van der Waals surface area contributed by atoms with Crippen LogP contribution in [0.4, 0.5) is 5.13 Å². The second-order valence-corrected chi connectivity index (χ2v) is 6.43. The highest BCUT2D eigenvalue weighted by Crippen LogP contribution is 2.39. The maximum Gasteiger partial charge on any atom is 0.233 e. The summed E-state index contributed by atoms with van der Waals surface area (Å²) in [6.45, 7) is 4.50. The molecule has 1 saturated carbocycles. The minimum absolute atomic E-state index is 0.00745. The topological polar surface area (TPSA) is 80.9 Å². The molecule has 3 N–H and O–H groups in total. The van der Waals surface area contributed by atoms with Gasteiger partial charge in [-0.2, -0.15) is 0 Å². The Morgan fingerprint density at radius 2 is 2.17 bits per heavy atom. The summed E-state index contributed by atoms with van der Waals surface area (Å²) in [5.41, 5.74) is 5.44. The lowest BCUT2D eigenvalue weighted by Crippen LogP contribution is -2.44. The number of amides is 1. The van der Waals surface area contributed by atoms with E-state index in [1.807, 2.05) is 6.92 Å². The highest BCUT2D eigenvalue weighted by atomic mass is 32.1. The fraction of sp³-hybridized carbons (Fsp3) is 0.750. The van der Waals surface area contributed by atoms with E-state index in [-0.39, 0.29) is 5.91 Å². The SMILES string of the molecule is Cc1nnc(NC(=O)C2(CN)CCC(C)CC2)s1. The smallest absolute Gasteiger partial charge is 0.233 e. The third kappa shape index (κ3) is 2.70. The van der Waals surface area contributed by atoms with Crippen molar-refractivity contribution in [1.29, 1.82) is 0 Å². The van der Waals surface area contributed by atoms with Crippen LogP contribution in [-0.2, 0) is 4.79 Å². The second-order valence-electron chi connectivity index (χ2n) is 5.25. The van der Waals surface area contributed by atoms with Crippen molar-refractivity contribution in [2.75, 3.05) is 11.9 Å². The molecule has 1 aromatic rings. The summed E-state index contributed by atoms with van der Waals surface area (Å²) in [5, 5.41) is 12.1. The number of nitrogens with two attached hydrogens (primary N) is 1. The van der Waals surface area contributed by atoms with Crippen LogP contribution in [0.5, 0.6) is 0 Å². The van der Waals surface area contributed by atoms with Crippen LogP contribution in [0.2, 0.25) is 0 Å². The van der Waals surface area contributed by atoms with E-state index < -0.39 is 5.41 Å². The summed E-state index contributed by atoms with van der Waals surface area (Å²) in [6, 6.07) is 0. The maximum atomic E-state index is 12.4. The number of hydrogen-bond acceptors (Lipinski definition) is 5. The van der Waals surface area contributed by atoms with Gasteiger partial charge in [-0.1, -0.05) is 18.3 Å². The highest BCUT2D eigenvalue weighted by molar-refractivity contribution is 7.15. The summed E-state index contributed by atoms with van der Waals surface area (Å²) < 4.78 is 0. The summed E-state index contributed by atoms with van der Waals surface area (Å²) in [5.74, 6) is 0.703. The second kappa shape index (κ2) is 5.32. The quantitative estimate of drug-likeness (QED) is 0.878. The molecule has 18 heavy (non-hydrogen) atoms. The third-order valence-electron chi connectivity index (χ3n) is 3.85. The van der Waals surface area contributed by atoms with E-state index in [0.717, 1.165) is 30.7 Å². The predicted octanol–water partition coefficient (Wildman–Crippen LogP) is 1.94. The highest BCUT2D eigenvalue weighted by Gasteiger charge is 2.40.